The van der Waals surface area contributed by atoms with Gasteiger partial charge in [-0.15, -0.1) is 0 Å². The molecule has 156 valence electrons. The Morgan fingerprint density at radius 1 is 1.23 bits per heavy atom. The Labute approximate surface area is 177 Å². The lowest BCUT2D eigenvalue weighted by molar-refractivity contribution is -0.121. The molecule has 2 aromatic carbocycles. The van der Waals surface area contributed by atoms with Crippen LogP contribution in [0.3, 0.4) is 0 Å². The van der Waals surface area contributed by atoms with Gasteiger partial charge in [-0.05, 0) is 55.2 Å². The lowest BCUT2D eigenvalue weighted by Gasteiger charge is -2.33. The van der Waals surface area contributed by atoms with Gasteiger partial charge in [-0.1, -0.05) is 29.8 Å². The van der Waals surface area contributed by atoms with E-state index in [2.05, 4.69) is 32.5 Å². The highest BCUT2D eigenvalue weighted by Gasteiger charge is 2.23. The fourth-order valence-electron chi connectivity index (χ4n) is 3.98. The van der Waals surface area contributed by atoms with Crippen molar-refractivity contribution in [2.45, 2.75) is 32.2 Å². The number of methoxy groups -OCH3 is 1. The zero-order valence-corrected chi connectivity index (χ0v) is 17.5. The van der Waals surface area contributed by atoms with Crippen molar-refractivity contribution in [1.29, 1.82) is 0 Å². The molecular weight excluding hydrogens is 376 g/mol. The Kier molecular flexibility index (Phi) is 6.02. The van der Waals surface area contributed by atoms with Crippen LogP contribution in [0.25, 0.3) is 11.3 Å². The zero-order valence-electron chi connectivity index (χ0n) is 17.5. The lowest BCUT2D eigenvalue weighted by atomic mass is 10.0. The number of aromatic nitrogens is 2. The lowest BCUT2D eigenvalue weighted by Crippen LogP contribution is -2.48. The van der Waals surface area contributed by atoms with Gasteiger partial charge >= 0.3 is 0 Å². The van der Waals surface area contributed by atoms with Gasteiger partial charge < -0.3 is 15.0 Å². The third kappa shape index (κ3) is 4.82. The second kappa shape index (κ2) is 9.03. The van der Waals surface area contributed by atoms with E-state index >= 15 is 0 Å². The number of H-pyrrole nitrogens is 1. The van der Waals surface area contributed by atoms with Crippen molar-refractivity contribution in [2.75, 3.05) is 25.1 Å². The third-order valence-corrected chi connectivity index (χ3v) is 5.52. The molecule has 1 aliphatic heterocycles. The molecule has 1 saturated heterocycles. The summed E-state index contributed by atoms with van der Waals surface area (Å²) in [5.74, 6) is 1.82. The van der Waals surface area contributed by atoms with Crippen LogP contribution in [0.2, 0.25) is 0 Å². The molecule has 6 nitrogen and oxygen atoms in total. The number of amides is 1. The van der Waals surface area contributed by atoms with Crippen LogP contribution in [0.15, 0.2) is 54.6 Å². The maximum atomic E-state index is 12.5. The number of nitrogens with one attached hydrogen (secondary N) is 2. The molecule has 0 aliphatic carbocycles. The largest absolute Gasteiger partial charge is 0.497 e. The molecule has 1 atom stereocenters. The second-order valence-corrected chi connectivity index (χ2v) is 7.89. The van der Waals surface area contributed by atoms with E-state index in [0.717, 1.165) is 54.3 Å². The van der Waals surface area contributed by atoms with Crippen LogP contribution < -0.4 is 15.0 Å². The van der Waals surface area contributed by atoms with Gasteiger partial charge in [-0.25, -0.2) is 0 Å². The van der Waals surface area contributed by atoms with E-state index in [1.807, 2.05) is 49.4 Å². The van der Waals surface area contributed by atoms with Crippen molar-refractivity contribution in [3.05, 3.63) is 65.7 Å². The number of aromatic amines is 1. The topological polar surface area (TPSA) is 70.2 Å². The molecule has 1 fully saturated rings. The Morgan fingerprint density at radius 3 is 2.83 bits per heavy atom. The van der Waals surface area contributed by atoms with Gasteiger partial charge in [-0.3, -0.25) is 9.89 Å². The van der Waals surface area contributed by atoms with Gasteiger partial charge in [0.2, 0.25) is 5.91 Å². The Hall–Kier alpha value is -3.28. The predicted octanol–water partition coefficient (Wildman–Crippen LogP) is 3.72. The summed E-state index contributed by atoms with van der Waals surface area (Å²) in [5, 5.41) is 10.8. The number of carbonyl (C=O) groups excluding carboxylic acids is 1. The minimum atomic E-state index is 0.0772. The molecular formula is C24H28N4O2. The summed E-state index contributed by atoms with van der Waals surface area (Å²) < 4.78 is 5.22. The number of anilines is 1. The number of rotatable bonds is 6. The Bertz CT molecular complexity index is 996. The van der Waals surface area contributed by atoms with Crippen LogP contribution in [-0.2, 0) is 11.2 Å². The normalized spacial score (nSPS) is 16.3. The van der Waals surface area contributed by atoms with Crippen molar-refractivity contribution in [1.82, 2.24) is 15.5 Å². The first-order valence-corrected chi connectivity index (χ1v) is 10.4. The summed E-state index contributed by atoms with van der Waals surface area (Å²) in [7, 11) is 1.66. The van der Waals surface area contributed by atoms with Crippen molar-refractivity contribution >= 4 is 11.7 Å². The predicted molar refractivity (Wildman–Crippen MR) is 119 cm³/mol. The molecule has 1 aromatic heterocycles. The molecule has 2 heterocycles. The average molecular weight is 405 g/mol. The van der Waals surface area contributed by atoms with Crippen molar-refractivity contribution in [3.8, 4) is 17.0 Å². The summed E-state index contributed by atoms with van der Waals surface area (Å²) in [5.41, 5.74) is 4.26. The monoisotopic (exact) mass is 404 g/mol. The summed E-state index contributed by atoms with van der Waals surface area (Å²) in [6.45, 7) is 3.76. The molecule has 0 bridgehead atoms. The molecule has 0 saturated carbocycles. The number of ether oxygens (including phenoxy) is 1. The van der Waals surface area contributed by atoms with E-state index in [0.29, 0.717) is 6.42 Å². The standard InChI is InChI=1S/C24H28N4O2/c1-17-5-3-6-18(13-17)14-24(29)25-20-7-4-12-28(16-20)23-15-22(26-27-23)19-8-10-21(30-2)11-9-19/h3,5-6,8-11,13,15,20H,4,7,12,14,16H2,1-2H3,(H,25,29)(H,26,27). The van der Waals surface area contributed by atoms with Crippen LogP contribution in [-0.4, -0.2) is 42.3 Å². The van der Waals surface area contributed by atoms with Crippen LogP contribution in [0.4, 0.5) is 5.82 Å². The van der Waals surface area contributed by atoms with Gasteiger partial charge in [0.1, 0.15) is 5.75 Å². The van der Waals surface area contributed by atoms with Crippen LogP contribution in [0.5, 0.6) is 5.75 Å². The minimum Gasteiger partial charge on any atom is -0.497 e. The number of aryl methyl sites for hydroxylation is 1. The summed E-state index contributed by atoms with van der Waals surface area (Å²) in [4.78, 5) is 14.8. The van der Waals surface area contributed by atoms with E-state index in [1.165, 1.54) is 5.56 Å². The second-order valence-electron chi connectivity index (χ2n) is 7.89. The van der Waals surface area contributed by atoms with Crippen LogP contribution in [0.1, 0.15) is 24.0 Å². The first-order chi connectivity index (χ1) is 14.6. The first kappa shape index (κ1) is 20.0. The maximum absolute atomic E-state index is 12.5. The smallest absolute Gasteiger partial charge is 0.224 e. The molecule has 30 heavy (non-hydrogen) atoms. The fourth-order valence-corrected chi connectivity index (χ4v) is 3.98. The molecule has 6 heteroatoms. The SMILES string of the molecule is COc1ccc(-c2cc(N3CCCC(NC(=O)Cc4cccc(C)c4)C3)n[nH]2)cc1. The molecule has 1 unspecified atom stereocenters. The van der Waals surface area contributed by atoms with E-state index in [-0.39, 0.29) is 11.9 Å². The van der Waals surface area contributed by atoms with E-state index in [9.17, 15) is 4.79 Å². The first-order valence-electron chi connectivity index (χ1n) is 10.4. The Balaban J connectivity index is 1.36. The highest BCUT2D eigenvalue weighted by molar-refractivity contribution is 5.79. The molecule has 2 N–H and O–H groups in total. The third-order valence-electron chi connectivity index (χ3n) is 5.52. The average Bonchev–Trinajstić information content (AvgIpc) is 3.24. The fraction of sp³-hybridized carbons (Fsp3) is 0.333. The summed E-state index contributed by atoms with van der Waals surface area (Å²) in [6.07, 6.45) is 2.44. The molecule has 0 radical (unpaired) electrons. The summed E-state index contributed by atoms with van der Waals surface area (Å²) >= 11 is 0. The number of hydrogen-bond acceptors (Lipinski definition) is 4. The van der Waals surface area contributed by atoms with Crippen molar-refractivity contribution in [2.24, 2.45) is 0 Å². The van der Waals surface area contributed by atoms with Crippen LogP contribution >= 0.6 is 0 Å². The zero-order chi connectivity index (χ0) is 20.9. The number of piperidine rings is 1. The maximum Gasteiger partial charge on any atom is 0.224 e. The van der Waals surface area contributed by atoms with E-state index in [4.69, 9.17) is 4.74 Å². The highest BCUT2D eigenvalue weighted by atomic mass is 16.5. The van der Waals surface area contributed by atoms with Crippen LogP contribution in [0, 0.1) is 6.92 Å². The van der Waals surface area contributed by atoms with Gasteiger partial charge in [0, 0.05) is 25.2 Å². The van der Waals surface area contributed by atoms with E-state index < -0.39 is 0 Å². The van der Waals surface area contributed by atoms with Gasteiger partial charge in [0.05, 0.1) is 19.2 Å². The quantitative estimate of drug-likeness (QED) is 0.657. The molecule has 1 aliphatic rings. The molecule has 3 aromatic rings. The number of benzene rings is 2. The number of carbonyl (C=O) groups is 1. The van der Waals surface area contributed by atoms with Gasteiger partial charge in [0.25, 0.3) is 0 Å². The molecule has 0 spiro atoms. The van der Waals surface area contributed by atoms with Gasteiger partial charge in [-0.2, -0.15) is 5.10 Å². The van der Waals surface area contributed by atoms with Crippen molar-refractivity contribution in [3.63, 3.8) is 0 Å². The Morgan fingerprint density at radius 2 is 2.07 bits per heavy atom. The van der Waals surface area contributed by atoms with Crippen molar-refractivity contribution < 1.29 is 9.53 Å². The van der Waals surface area contributed by atoms with Gasteiger partial charge in [0.15, 0.2) is 5.82 Å². The number of nitrogens with zero attached hydrogens (tertiary/aromatic N) is 2. The molecule has 4 rings (SSSR count). The number of hydrogen-bond donors (Lipinski definition) is 2. The highest BCUT2D eigenvalue weighted by Crippen LogP contribution is 2.25. The van der Waals surface area contributed by atoms with E-state index in [1.54, 1.807) is 7.11 Å². The summed E-state index contributed by atoms with van der Waals surface area (Å²) in [6, 6.07) is 18.2. The minimum absolute atomic E-state index is 0.0772. The molecule has 1 amide bonds.